The van der Waals surface area contributed by atoms with E-state index in [0.717, 1.165) is 4.88 Å². The quantitative estimate of drug-likeness (QED) is 0.805. The zero-order chi connectivity index (χ0) is 14.4. The SMILES string of the molecule is O=C(OCc1ccc(Cl)s1)c1ccccc1NCCO. The molecule has 0 saturated carbocycles. The summed E-state index contributed by atoms with van der Waals surface area (Å²) < 4.78 is 5.93. The van der Waals surface area contributed by atoms with Crippen LogP contribution in [0.5, 0.6) is 0 Å². The van der Waals surface area contributed by atoms with E-state index in [-0.39, 0.29) is 13.2 Å². The van der Waals surface area contributed by atoms with Crippen LogP contribution in [0.1, 0.15) is 15.2 Å². The van der Waals surface area contributed by atoms with Crippen LogP contribution < -0.4 is 5.32 Å². The lowest BCUT2D eigenvalue weighted by Gasteiger charge is -2.10. The van der Waals surface area contributed by atoms with E-state index in [1.54, 1.807) is 24.3 Å². The molecule has 0 unspecified atom stereocenters. The summed E-state index contributed by atoms with van der Waals surface area (Å²) in [5.41, 5.74) is 1.10. The Balaban J connectivity index is 2.01. The van der Waals surface area contributed by atoms with Crippen molar-refractivity contribution >= 4 is 34.6 Å². The first-order chi connectivity index (χ1) is 9.70. The van der Waals surface area contributed by atoms with Gasteiger partial charge in [0.2, 0.25) is 0 Å². The average Bonchev–Trinajstić information content (AvgIpc) is 2.88. The molecule has 0 aliphatic carbocycles. The number of ether oxygens (including phenoxy) is 1. The fourth-order valence-corrected chi connectivity index (χ4v) is 2.65. The Morgan fingerprint density at radius 3 is 2.80 bits per heavy atom. The molecule has 0 atom stereocenters. The van der Waals surface area contributed by atoms with Crippen molar-refractivity contribution in [2.75, 3.05) is 18.5 Å². The van der Waals surface area contributed by atoms with Crippen molar-refractivity contribution in [1.82, 2.24) is 0 Å². The van der Waals surface area contributed by atoms with Crippen molar-refractivity contribution in [3.05, 3.63) is 51.2 Å². The number of aliphatic hydroxyl groups is 1. The highest BCUT2D eigenvalue weighted by Gasteiger charge is 2.12. The minimum Gasteiger partial charge on any atom is -0.456 e. The van der Waals surface area contributed by atoms with E-state index in [2.05, 4.69) is 5.32 Å². The predicted octanol–water partition coefficient (Wildman–Crippen LogP) is 3.16. The summed E-state index contributed by atoms with van der Waals surface area (Å²) in [7, 11) is 0. The average molecular weight is 312 g/mol. The van der Waals surface area contributed by atoms with Crippen LogP contribution in [0.2, 0.25) is 4.34 Å². The van der Waals surface area contributed by atoms with Crippen LogP contribution in [-0.2, 0) is 11.3 Å². The van der Waals surface area contributed by atoms with Gasteiger partial charge in [0.1, 0.15) is 6.61 Å². The van der Waals surface area contributed by atoms with Crippen LogP contribution in [0, 0.1) is 0 Å². The molecule has 0 bridgehead atoms. The van der Waals surface area contributed by atoms with Gasteiger partial charge < -0.3 is 15.2 Å². The van der Waals surface area contributed by atoms with Gasteiger partial charge in [-0.05, 0) is 24.3 Å². The minimum atomic E-state index is -0.407. The molecule has 106 valence electrons. The number of anilines is 1. The maximum absolute atomic E-state index is 12.1. The standard InChI is InChI=1S/C14H14ClNO3S/c15-13-6-5-10(20-13)9-19-14(18)11-3-1-2-4-12(11)16-7-8-17/h1-6,16-17H,7-9H2. The molecule has 20 heavy (non-hydrogen) atoms. The molecular formula is C14H14ClNO3S. The van der Waals surface area contributed by atoms with Crippen molar-refractivity contribution in [3.63, 3.8) is 0 Å². The molecule has 0 saturated heterocycles. The van der Waals surface area contributed by atoms with Gasteiger partial charge in [0.25, 0.3) is 0 Å². The molecule has 2 N–H and O–H groups in total. The number of halogens is 1. The van der Waals surface area contributed by atoms with Crippen molar-refractivity contribution in [2.24, 2.45) is 0 Å². The van der Waals surface area contributed by atoms with E-state index in [1.807, 2.05) is 12.1 Å². The van der Waals surface area contributed by atoms with E-state index in [1.165, 1.54) is 11.3 Å². The van der Waals surface area contributed by atoms with Crippen molar-refractivity contribution < 1.29 is 14.6 Å². The fraction of sp³-hybridized carbons (Fsp3) is 0.214. The third-order valence-corrected chi connectivity index (χ3v) is 3.75. The largest absolute Gasteiger partial charge is 0.456 e. The van der Waals surface area contributed by atoms with Crippen molar-refractivity contribution in [2.45, 2.75) is 6.61 Å². The zero-order valence-corrected chi connectivity index (χ0v) is 12.2. The molecule has 4 nitrogen and oxygen atoms in total. The number of rotatable bonds is 6. The molecule has 1 aromatic carbocycles. The van der Waals surface area contributed by atoms with Crippen LogP contribution in [-0.4, -0.2) is 24.2 Å². The number of nitrogens with one attached hydrogen (secondary N) is 1. The van der Waals surface area contributed by atoms with Gasteiger partial charge in [0.05, 0.1) is 16.5 Å². The van der Waals surface area contributed by atoms with Crippen LogP contribution in [0.4, 0.5) is 5.69 Å². The summed E-state index contributed by atoms with van der Waals surface area (Å²) in [4.78, 5) is 12.9. The van der Waals surface area contributed by atoms with E-state index in [0.29, 0.717) is 22.1 Å². The summed E-state index contributed by atoms with van der Waals surface area (Å²) >= 11 is 7.20. The number of benzene rings is 1. The van der Waals surface area contributed by atoms with Gasteiger partial charge in [-0.3, -0.25) is 0 Å². The molecule has 0 aliphatic heterocycles. The smallest absolute Gasteiger partial charge is 0.340 e. The topological polar surface area (TPSA) is 58.6 Å². The van der Waals surface area contributed by atoms with Crippen LogP contribution in [0.3, 0.4) is 0 Å². The molecule has 2 rings (SSSR count). The molecule has 0 amide bonds. The second-order valence-corrected chi connectivity index (χ2v) is 5.78. The Kier molecular flexibility index (Phi) is 5.40. The number of aliphatic hydroxyl groups excluding tert-OH is 1. The Bertz CT molecular complexity index is 585. The zero-order valence-electron chi connectivity index (χ0n) is 10.6. The van der Waals surface area contributed by atoms with Crippen LogP contribution in [0.25, 0.3) is 0 Å². The molecule has 0 spiro atoms. The molecular weight excluding hydrogens is 298 g/mol. The number of carbonyl (C=O) groups excluding carboxylic acids is 1. The molecule has 1 heterocycles. The maximum Gasteiger partial charge on any atom is 0.340 e. The van der Waals surface area contributed by atoms with Crippen molar-refractivity contribution in [1.29, 1.82) is 0 Å². The normalized spacial score (nSPS) is 10.3. The summed E-state index contributed by atoms with van der Waals surface area (Å²) in [6.07, 6.45) is 0. The molecule has 0 fully saturated rings. The second-order valence-electron chi connectivity index (χ2n) is 3.98. The Hall–Kier alpha value is -1.56. The number of carbonyl (C=O) groups is 1. The van der Waals surface area contributed by atoms with Gasteiger partial charge in [0.15, 0.2) is 0 Å². The van der Waals surface area contributed by atoms with E-state index in [9.17, 15) is 4.79 Å². The van der Waals surface area contributed by atoms with E-state index in [4.69, 9.17) is 21.4 Å². The molecule has 6 heteroatoms. The molecule has 1 aromatic heterocycles. The lowest BCUT2D eigenvalue weighted by Crippen LogP contribution is -2.12. The number of para-hydroxylation sites is 1. The van der Waals surface area contributed by atoms with Gasteiger partial charge >= 0.3 is 5.97 Å². The van der Waals surface area contributed by atoms with E-state index >= 15 is 0 Å². The Morgan fingerprint density at radius 2 is 2.10 bits per heavy atom. The summed E-state index contributed by atoms with van der Waals surface area (Å²) in [5, 5.41) is 11.8. The van der Waals surface area contributed by atoms with Gasteiger partial charge in [-0.2, -0.15) is 0 Å². The highest BCUT2D eigenvalue weighted by atomic mass is 35.5. The first kappa shape index (κ1) is 14.8. The summed E-state index contributed by atoms with van der Waals surface area (Å²) in [6, 6.07) is 10.6. The van der Waals surface area contributed by atoms with Crippen molar-refractivity contribution in [3.8, 4) is 0 Å². The van der Waals surface area contributed by atoms with Gasteiger partial charge in [-0.25, -0.2) is 4.79 Å². The number of thiophene rings is 1. The number of hydrogen-bond donors (Lipinski definition) is 2. The summed E-state index contributed by atoms with van der Waals surface area (Å²) in [6.45, 7) is 0.576. The lowest BCUT2D eigenvalue weighted by atomic mass is 10.2. The predicted molar refractivity (Wildman–Crippen MR) is 80.5 cm³/mol. The summed E-state index contributed by atoms with van der Waals surface area (Å²) in [5.74, 6) is -0.407. The highest BCUT2D eigenvalue weighted by molar-refractivity contribution is 7.16. The minimum absolute atomic E-state index is 0.00290. The highest BCUT2D eigenvalue weighted by Crippen LogP contribution is 2.23. The molecule has 0 aliphatic rings. The van der Waals surface area contributed by atoms with Crippen LogP contribution in [0.15, 0.2) is 36.4 Å². The monoisotopic (exact) mass is 311 g/mol. The third-order valence-electron chi connectivity index (χ3n) is 2.55. The Labute approximate surface area is 126 Å². The van der Waals surface area contributed by atoms with Gasteiger partial charge in [0, 0.05) is 17.1 Å². The molecule has 0 radical (unpaired) electrons. The Morgan fingerprint density at radius 1 is 1.30 bits per heavy atom. The first-order valence-electron chi connectivity index (χ1n) is 6.06. The number of hydrogen-bond acceptors (Lipinski definition) is 5. The van der Waals surface area contributed by atoms with Gasteiger partial charge in [-0.1, -0.05) is 23.7 Å². The maximum atomic E-state index is 12.1. The third kappa shape index (κ3) is 3.96. The molecule has 2 aromatic rings. The second kappa shape index (κ2) is 7.28. The number of esters is 1. The lowest BCUT2D eigenvalue weighted by molar-refractivity contribution is 0.0478. The van der Waals surface area contributed by atoms with Gasteiger partial charge in [-0.15, -0.1) is 11.3 Å². The fourth-order valence-electron chi connectivity index (χ4n) is 1.65. The van der Waals surface area contributed by atoms with Crippen LogP contribution >= 0.6 is 22.9 Å². The van der Waals surface area contributed by atoms with E-state index < -0.39 is 5.97 Å². The first-order valence-corrected chi connectivity index (χ1v) is 7.25.